The Bertz CT molecular complexity index is 1060. The van der Waals surface area contributed by atoms with Gasteiger partial charge in [0, 0.05) is 61.3 Å². The molecule has 3 heterocycles. The molecule has 0 saturated carbocycles. The highest BCUT2D eigenvalue weighted by Crippen LogP contribution is 2.31. The Hall–Kier alpha value is -3.20. The molecule has 2 N–H and O–H groups in total. The number of aromatic nitrogens is 4. The summed E-state index contributed by atoms with van der Waals surface area (Å²) in [6.45, 7) is 8.00. The molecule has 2 aromatic heterocycles. The third-order valence-electron chi connectivity index (χ3n) is 5.39. The van der Waals surface area contributed by atoms with Crippen LogP contribution in [0.2, 0.25) is 0 Å². The number of hydrogen-bond donors (Lipinski definition) is 2. The molecule has 1 saturated heterocycles. The number of nitrogens with zero attached hydrogens (tertiary/aromatic N) is 5. The quantitative estimate of drug-likeness (QED) is 0.681. The summed E-state index contributed by atoms with van der Waals surface area (Å²) in [5.41, 5.74) is 2.98. The van der Waals surface area contributed by atoms with Crippen molar-refractivity contribution in [1.82, 2.24) is 25.1 Å². The highest BCUT2D eigenvalue weighted by atomic mass is 16.5. The number of piperazine rings is 1. The van der Waals surface area contributed by atoms with Crippen LogP contribution in [0.3, 0.4) is 0 Å². The van der Waals surface area contributed by atoms with Crippen LogP contribution in [0.1, 0.15) is 29.9 Å². The van der Waals surface area contributed by atoms with Crippen molar-refractivity contribution in [2.45, 2.75) is 32.9 Å². The van der Waals surface area contributed by atoms with Gasteiger partial charge in [0.1, 0.15) is 0 Å². The van der Waals surface area contributed by atoms with E-state index in [1.807, 2.05) is 32.2 Å². The number of carbonyl (C=O) groups excluding carboxylic acids is 1. The van der Waals surface area contributed by atoms with Crippen molar-refractivity contribution in [3.8, 4) is 6.01 Å². The fraction of sp³-hybridized carbons (Fsp3) is 0.429. The Balaban J connectivity index is 1.76. The van der Waals surface area contributed by atoms with Crippen molar-refractivity contribution >= 4 is 28.3 Å². The van der Waals surface area contributed by atoms with E-state index in [9.17, 15) is 4.79 Å². The van der Waals surface area contributed by atoms with Crippen LogP contribution in [0.25, 0.3) is 10.9 Å². The average Bonchev–Trinajstić information content (AvgIpc) is 3.02. The van der Waals surface area contributed by atoms with E-state index in [2.05, 4.69) is 44.4 Å². The summed E-state index contributed by atoms with van der Waals surface area (Å²) < 4.78 is 6.94. The lowest BCUT2D eigenvalue weighted by molar-refractivity contribution is 0.102. The number of ether oxygens (including phenoxy) is 1. The number of carbonyl (C=O) groups is 1. The molecule has 0 bridgehead atoms. The second kappa shape index (κ2) is 7.91. The predicted octanol–water partition coefficient (Wildman–Crippen LogP) is 2.12. The fourth-order valence-corrected chi connectivity index (χ4v) is 3.98. The number of hydrogen-bond acceptors (Lipinski definition) is 7. The van der Waals surface area contributed by atoms with Crippen molar-refractivity contribution in [2.24, 2.45) is 7.05 Å². The lowest BCUT2D eigenvalue weighted by atomic mass is 10.0. The van der Waals surface area contributed by atoms with Gasteiger partial charge in [0.05, 0.1) is 18.2 Å². The maximum atomic E-state index is 13.1. The van der Waals surface area contributed by atoms with Gasteiger partial charge in [-0.05, 0) is 32.9 Å². The monoisotopic (exact) mass is 409 g/mol. The van der Waals surface area contributed by atoms with Crippen LogP contribution in [0.4, 0.5) is 11.5 Å². The minimum Gasteiger partial charge on any atom is -0.467 e. The molecule has 3 aromatic rings. The second-order valence-corrected chi connectivity index (χ2v) is 7.87. The molecule has 0 radical (unpaired) electrons. The number of nitrogens with one attached hydrogen (secondary N) is 2. The van der Waals surface area contributed by atoms with E-state index in [-0.39, 0.29) is 11.9 Å². The molecular formula is C21H27N7O2. The van der Waals surface area contributed by atoms with Gasteiger partial charge in [-0.25, -0.2) is 4.98 Å². The Morgan fingerprint density at radius 2 is 2.00 bits per heavy atom. The van der Waals surface area contributed by atoms with Gasteiger partial charge in [0.2, 0.25) is 0 Å². The first kappa shape index (κ1) is 20.1. The Morgan fingerprint density at radius 3 is 2.63 bits per heavy atom. The molecule has 1 fully saturated rings. The highest BCUT2D eigenvalue weighted by molar-refractivity contribution is 6.13. The molecule has 1 aliphatic rings. The van der Waals surface area contributed by atoms with Gasteiger partial charge in [-0.3, -0.25) is 9.48 Å². The van der Waals surface area contributed by atoms with Gasteiger partial charge in [-0.15, -0.1) is 0 Å². The highest BCUT2D eigenvalue weighted by Gasteiger charge is 2.24. The SMILES string of the molecule is COc1ncc2c(N3C[C@@H](C)N[C@@H](C)C3)ccc(C(=O)Nc3cc(C)n(C)n3)c2n1. The summed E-state index contributed by atoms with van der Waals surface area (Å²) in [4.78, 5) is 24.2. The van der Waals surface area contributed by atoms with Crippen molar-refractivity contribution in [2.75, 3.05) is 30.4 Å². The summed E-state index contributed by atoms with van der Waals surface area (Å²) >= 11 is 0. The van der Waals surface area contributed by atoms with Gasteiger partial charge in [0.15, 0.2) is 5.82 Å². The number of benzene rings is 1. The molecule has 158 valence electrons. The standard InChI is InChI=1S/C21H27N7O2/c1-12-10-28(11-13(2)23-12)17-7-6-15(19-16(17)9-22-21(25-19)30-5)20(29)24-18-8-14(3)27(4)26-18/h6-9,12-13,23H,10-11H2,1-5H3,(H,24,26,29)/t12-,13+. The maximum absolute atomic E-state index is 13.1. The first-order chi connectivity index (χ1) is 14.4. The van der Waals surface area contributed by atoms with Crippen LogP contribution in [-0.4, -0.2) is 57.9 Å². The molecular weight excluding hydrogens is 382 g/mol. The number of methoxy groups -OCH3 is 1. The van der Waals surface area contributed by atoms with Gasteiger partial charge in [-0.1, -0.05) is 0 Å². The topological polar surface area (TPSA) is 97.2 Å². The molecule has 0 aliphatic carbocycles. The summed E-state index contributed by atoms with van der Waals surface area (Å²) in [5, 5.41) is 11.5. The van der Waals surface area contributed by atoms with E-state index < -0.39 is 0 Å². The number of fused-ring (bicyclic) bond motifs is 1. The van der Waals surface area contributed by atoms with E-state index in [0.29, 0.717) is 29.0 Å². The van der Waals surface area contributed by atoms with Crippen molar-refractivity contribution in [3.05, 3.63) is 35.7 Å². The van der Waals surface area contributed by atoms with Crippen molar-refractivity contribution in [1.29, 1.82) is 0 Å². The van der Waals surface area contributed by atoms with Crippen LogP contribution in [0.5, 0.6) is 6.01 Å². The zero-order valence-corrected chi connectivity index (χ0v) is 17.9. The average molecular weight is 409 g/mol. The van der Waals surface area contributed by atoms with Crippen LogP contribution < -0.4 is 20.3 Å². The van der Waals surface area contributed by atoms with E-state index in [1.54, 1.807) is 10.9 Å². The first-order valence-electron chi connectivity index (χ1n) is 10.0. The number of anilines is 2. The molecule has 1 aromatic carbocycles. The van der Waals surface area contributed by atoms with Crippen LogP contribution in [0.15, 0.2) is 24.4 Å². The van der Waals surface area contributed by atoms with Crippen LogP contribution in [0, 0.1) is 6.92 Å². The molecule has 4 rings (SSSR count). The van der Waals surface area contributed by atoms with Crippen molar-refractivity contribution < 1.29 is 9.53 Å². The molecule has 1 amide bonds. The molecule has 0 unspecified atom stereocenters. The van der Waals surface area contributed by atoms with Crippen LogP contribution in [-0.2, 0) is 7.05 Å². The van der Waals surface area contributed by atoms with E-state index in [1.165, 1.54) is 7.11 Å². The predicted molar refractivity (Wildman–Crippen MR) is 116 cm³/mol. The third-order valence-corrected chi connectivity index (χ3v) is 5.39. The number of amides is 1. The Labute approximate surface area is 175 Å². The largest absolute Gasteiger partial charge is 0.467 e. The zero-order chi connectivity index (χ0) is 21.4. The lowest BCUT2D eigenvalue weighted by Gasteiger charge is -2.38. The summed E-state index contributed by atoms with van der Waals surface area (Å²) in [6, 6.07) is 6.56. The minimum atomic E-state index is -0.271. The molecule has 1 aliphatic heterocycles. The van der Waals surface area contributed by atoms with Gasteiger partial charge >= 0.3 is 6.01 Å². The molecule has 30 heavy (non-hydrogen) atoms. The van der Waals surface area contributed by atoms with E-state index >= 15 is 0 Å². The lowest BCUT2D eigenvalue weighted by Crippen LogP contribution is -2.54. The Morgan fingerprint density at radius 1 is 1.27 bits per heavy atom. The van der Waals surface area contributed by atoms with E-state index in [0.717, 1.165) is 29.9 Å². The maximum Gasteiger partial charge on any atom is 0.316 e. The van der Waals surface area contributed by atoms with E-state index in [4.69, 9.17) is 4.74 Å². The summed E-state index contributed by atoms with van der Waals surface area (Å²) in [7, 11) is 3.35. The molecule has 9 heteroatoms. The normalized spacial score (nSPS) is 19.2. The molecule has 2 atom stereocenters. The van der Waals surface area contributed by atoms with Gasteiger partial charge < -0.3 is 20.3 Å². The smallest absolute Gasteiger partial charge is 0.316 e. The molecule has 9 nitrogen and oxygen atoms in total. The second-order valence-electron chi connectivity index (χ2n) is 7.87. The van der Waals surface area contributed by atoms with Gasteiger partial charge in [0.25, 0.3) is 5.91 Å². The first-order valence-corrected chi connectivity index (χ1v) is 10.0. The van der Waals surface area contributed by atoms with Crippen LogP contribution >= 0.6 is 0 Å². The Kier molecular flexibility index (Phi) is 5.29. The number of aryl methyl sites for hydroxylation is 2. The fourth-order valence-electron chi connectivity index (χ4n) is 3.98. The molecule has 0 spiro atoms. The third kappa shape index (κ3) is 3.80. The summed E-state index contributed by atoms with van der Waals surface area (Å²) in [6.07, 6.45) is 1.73. The summed E-state index contributed by atoms with van der Waals surface area (Å²) in [5.74, 6) is 0.232. The zero-order valence-electron chi connectivity index (χ0n) is 17.9. The van der Waals surface area contributed by atoms with Gasteiger partial charge in [-0.2, -0.15) is 10.1 Å². The number of rotatable bonds is 4. The minimum absolute atomic E-state index is 0.226. The van der Waals surface area contributed by atoms with Crippen molar-refractivity contribution in [3.63, 3.8) is 0 Å².